The van der Waals surface area contributed by atoms with Crippen molar-refractivity contribution in [1.82, 2.24) is 9.13 Å². The number of aromatic nitrogens is 2. The summed E-state index contributed by atoms with van der Waals surface area (Å²) in [4.78, 5) is 2.30. The summed E-state index contributed by atoms with van der Waals surface area (Å²) in [6.07, 6.45) is 22.1. The Bertz CT molecular complexity index is 2870. The number of rotatable bonds is 12. The van der Waals surface area contributed by atoms with Gasteiger partial charge in [0.05, 0.1) is 16.7 Å². The van der Waals surface area contributed by atoms with E-state index in [1.807, 2.05) is 13.0 Å². The van der Waals surface area contributed by atoms with E-state index in [4.69, 9.17) is 0 Å². The van der Waals surface area contributed by atoms with Crippen LogP contribution in [0.15, 0.2) is 225 Å². The predicted molar refractivity (Wildman–Crippen MR) is 264 cm³/mol. The Morgan fingerprint density at radius 1 is 0.672 bits per heavy atom. The summed E-state index contributed by atoms with van der Waals surface area (Å²) < 4.78 is 4.73. The minimum Gasteiger partial charge on any atom is -0.314 e. The predicted octanol–water partition coefficient (Wildman–Crippen LogP) is 15.9. The lowest BCUT2D eigenvalue weighted by atomic mass is 10.0. The molecule has 2 heterocycles. The fourth-order valence-electron chi connectivity index (χ4n) is 8.14. The molecule has 1 unspecified atom stereocenters. The van der Waals surface area contributed by atoms with Gasteiger partial charge in [-0.25, -0.2) is 0 Å². The van der Waals surface area contributed by atoms with Gasteiger partial charge in [-0.05, 0) is 127 Å². The number of fused-ring (bicyclic) bond motifs is 4. The van der Waals surface area contributed by atoms with Gasteiger partial charge in [-0.3, -0.25) is 0 Å². The number of hydrogen-bond donors (Lipinski definition) is 0. The Morgan fingerprint density at radius 3 is 2.02 bits per heavy atom. The van der Waals surface area contributed by atoms with E-state index in [1.165, 1.54) is 44.2 Å². The molecule has 1 atom stereocenters. The molecule has 0 fully saturated rings. The molecule has 1 aliphatic carbocycles. The molecule has 1 aliphatic rings. The first kappa shape index (κ1) is 40.4. The summed E-state index contributed by atoms with van der Waals surface area (Å²) in [5.41, 5.74) is 14.0. The number of para-hydroxylation sites is 3. The second-order valence-electron chi connectivity index (χ2n) is 15.5. The zero-order chi connectivity index (χ0) is 42.0. The first-order chi connectivity index (χ1) is 30.0. The van der Waals surface area contributed by atoms with Gasteiger partial charge in [0.1, 0.15) is 0 Å². The van der Waals surface area contributed by atoms with Crippen LogP contribution in [-0.2, 0) is 6.42 Å². The summed E-state index contributed by atoms with van der Waals surface area (Å²) in [6.45, 7) is 12.6. The van der Waals surface area contributed by atoms with Gasteiger partial charge < -0.3 is 14.0 Å². The highest BCUT2D eigenvalue weighted by atomic mass is 15.1. The Kier molecular flexibility index (Phi) is 12.7. The van der Waals surface area contributed by atoms with E-state index in [-0.39, 0.29) is 0 Å². The Hall–Kier alpha value is -7.36. The van der Waals surface area contributed by atoms with Crippen molar-refractivity contribution < 1.29 is 0 Å². The van der Waals surface area contributed by atoms with Crippen molar-refractivity contribution in [2.45, 2.75) is 33.1 Å². The Labute approximate surface area is 361 Å². The molecule has 0 radical (unpaired) electrons. The number of anilines is 2. The number of nitrogens with zero attached hydrogens (tertiary/aromatic N) is 3. The minimum absolute atomic E-state index is 0.631. The van der Waals surface area contributed by atoms with Crippen molar-refractivity contribution in [2.75, 3.05) is 4.90 Å². The van der Waals surface area contributed by atoms with E-state index < -0.39 is 0 Å². The van der Waals surface area contributed by atoms with Crippen molar-refractivity contribution in [3.63, 3.8) is 0 Å². The largest absolute Gasteiger partial charge is 0.314 e. The number of allylic oxidation sites excluding steroid dienone is 7. The second-order valence-corrected chi connectivity index (χ2v) is 15.5. The van der Waals surface area contributed by atoms with Crippen LogP contribution < -0.4 is 4.90 Å². The van der Waals surface area contributed by atoms with Crippen LogP contribution in [0.2, 0.25) is 0 Å². The maximum Gasteiger partial charge on any atom is 0.0539 e. The zero-order valence-electron chi connectivity index (χ0n) is 35.2. The van der Waals surface area contributed by atoms with E-state index in [2.05, 4.69) is 247 Å². The van der Waals surface area contributed by atoms with E-state index in [0.29, 0.717) is 12.3 Å². The summed E-state index contributed by atoms with van der Waals surface area (Å²) in [6, 6.07) is 58.4. The summed E-state index contributed by atoms with van der Waals surface area (Å²) in [7, 11) is 0. The molecular formula is C58H53N3. The molecule has 2 aromatic heterocycles. The molecule has 0 bridgehead atoms. The molecule has 8 aromatic rings. The third-order valence-corrected chi connectivity index (χ3v) is 11.3. The van der Waals surface area contributed by atoms with Crippen LogP contribution in [0.4, 0.5) is 11.4 Å². The molecule has 0 aliphatic heterocycles. The van der Waals surface area contributed by atoms with Crippen molar-refractivity contribution in [1.29, 1.82) is 0 Å². The van der Waals surface area contributed by atoms with Crippen molar-refractivity contribution >= 4 is 45.3 Å². The molecule has 0 amide bonds. The van der Waals surface area contributed by atoms with Crippen LogP contribution in [0.5, 0.6) is 0 Å². The third-order valence-electron chi connectivity index (χ3n) is 11.3. The van der Waals surface area contributed by atoms with Gasteiger partial charge in [0.25, 0.3) is 0 Å². The van der Waals surface area contributed by atoms with Crippen LogP contribution in [-0.4, -0.2) is 9.13 Å². The second kappa shape index (κ2) is 19.1. The quantitative estimate of drug-likeness (QED) is 0.112. The minimum atomic E-state index is 0.631. The molecule has 61 heavy (non-hydrogen) atoms. The van der Waals surface area contributed by atoms with E-state index in [1.54, 1.807) is 0 Å². The summed E-state index contributed by atoms with van der Waals surface area (Å²) in [5, 5.41) is 2.46. The van der Waals surface area contributed by atoms with Gasteiger partial charge in [-0.15, -0.1) is 6.58 Å². The third kappa shape index (κ3) is 8.98. The van der Waals surface area contributed by atoms with Crippen LogP contribution in [0.25, 0.3) is 56.5 Å². The molecule has 9 rings (SSSR count). The van der Waals surface area contributed by atoms with E-state index >= 15 is 0 Å². The SMILES string of the molecule is C=C(CC=Cc1cc2cc(-c3ccccc3)ccc2n1-c1ccccc1)N(c1ccccc1)c1ccc2c(c1)c1c(n2-c2ccccc2)C=CC=CC1.C=CC(C)C/C=C\C. The fourth-order valence-corrected chi connectivity index (χ4v) is 8.14. The van der Waals surface area contributed by atoms with Gasteiger partial charge >= 0.3 is 0 Å². The fraction of sp³-hybridized carbons (Fsp3) is 0.103. The molecule has 3 nitrogen and oxygen atoms in total. The van der Waals surface area contributed by atoms with Crippen LogP contribution in [0.1, 0.15) is 43.6 Å². The molecule has 0 N–H and O–H groups in total. The highest BCUT2D eigenvalue weighted by Crippen LogP contribution is 2.38. The van der Waals surface area contributed by atoms with Crippen molar-refractivity contribution in [2.24, 2.45) is 5.92 Å². The average Bonchev–Trinajstić information content (AvgIpc) is 3.72. The average molecular weight is 792 g/mol. The lowest BCUT2D eigenvalue weighted by molar-refractivity contribution is 0.746. The van der Waals surface area contributed by atoms with Crippen LogP contribution in [0, 0.1) is 5.92 Å². The zero-order valence-corrected chi connectivity index (χ0v) is 35.2. The van der Waals surface area contributed by atoms with Gasteiger partial charge in [-0.1, -0.05) is 147 Å². The van der Waals surface area contributed by atoms with Crippen LogP contribution in [0.3, 0.4) is 0 Å². The molecule has 0 saturated heterocycles. The molecule has 0 spiro atoms. The Morgan fingerprint density at radius 2 is 1.33 bits per heavy atom. The summed E-state index contributed by atoms with van der Waals surface area (Å²) >= 11 is 0. The number of hydrogen-bond acceptors (Lipinski definition) is 1. The highest BCUT2D eigenvalue weighted by molar-refractivity contribution is 5.94. The lowest BCUT2D eigenvalue weighted by Crippen LogP contribution is -2.15. The first-order valence-electron chi connectivity index (χ1n) is 21.3. The van der Waals surface area contributed by atoms with Crippen molar-refractivity contribution in [3.05, 3.63) is 242 Å². The smallest absolute Gasteiger partial charge is 0.0539 e. The molecular weight excluding hydrogens is 739 g/mol. The van der Waals surface area contributed by atoms with Crippen LogP contribution >= 0.6 is 0 Å². The molecule has 3 heteroatoms. The first-order valence-corrected chi connectivity index (χ1v) is 21.3. The van der Waals surface area contributed by atoms with E-state index in [0.717, 1.165) is 47.0 Å². The monoisotopic (exact) mass is 791 g/mol. The van der Waals surface area contributed by atoms with E-state index in [9.17, 15) is 0 Å². The van der Waals surface area contributed by atoms with Gasteiger partial charge in [0.15, 0.2) is 0 Å². The standard InChI is InChI=1S/C50H39N3.C8H14/c1-37(18-17-27-44-35-40-34-39(38-19-7-2-8-20-38)30-32-48(40)52(44)42-23-11-4-12-24-42)51(41-21-9-3-10-22-41)45-31-33-50-47(36-45)46-28-15-6-16-29-49(46)53(50)43-25-13-5-14-26-43;1-4-6-7-8(3)5-2/h2-17,19-27,29-36H,1,18,28H2;4-6,8H,2,7H2,1,3H3/b;6-4-. The molecule has 0 saturated carbocycles. The van der Waals surface area contributed by atoms with Gasteiger partial charge in [-0.2, -0.15) is 0 Å². The number of benzene rings is 6. The maximum absolute atomic E-state index is 4.68. The molecule has 6 aromatic carbocycles. The maximum atomic E-state index is 4.68. The van der Waals surface area contributed by atoms with Gasteiger partial charge in [0.2, 0.25) is 0 Å². The summed E-state index contributed by atoms with van der Waals surface area (Å²) in [5.74, 6) is 0.631. The van der Waals surface area contributed by atoms with Crippen molar-refractivity contribution in [3.8, 4) is 22.5 Å². The Balaban J connectivity index is 0.000000586. The lowest BCUT2D eigenvalue weighted by Gasteiger charge is -2.27. The van der Waals surface area contributed by atoms with Gasteiger partial charge in [0, 0.05) is 51.3 Å². The topological polar surface area (TPSA) is 13.1 Å². The molecule has 300 valence electrons. The highest BCUT2D eigenvalue weighted by Gasteiger charge is 2.20. The normalized spacial score (nSPS) is 12.6.